The van der Waals surface area contributed by atoms with Gasteiger partial charge in [-0.15, -0.1) is 0 Å². The van der Waals surface area contributed by atoms with Crippen LogP contribution in [0.3, 0.4) is 0 Å². The van der Waals surface area contributed by atoms with Crippen molar-refractivity contribution in [2.45, 2.75) is 23.6 Å². The zero-order chi connectivity index (χ0) is 20.5. The van der Waals surface area contributed by atoms with E-state index in [0.29, 0.717) is 35.7 Å². The van der Waals surface area contributed by atoms with E-state index < -0.39 is 0 Å². The van der Waals surface area contributed by atoms with Crippen LogP contribution in [0.15, 0.2) is 46.2 Å². The molecule has 0 atom stereocenters. The van der Waals surface area contributed by atoms with E-state index in [9.17, 15) is 9.59 Å². The maximum absolute atomic E-state index is 12.4. The molecule has 0 aliphatic rings. The summed E-state index contributed by atoms with van der Waals surface area (Å²) in [6, 6.07) is 10.6. The molecule has 2 rings (SSSR count). The molecule has 0 bridgehead atoms. The molecule has 0 fully saturated rings. The molecule has 0 spiro atoms. The summed E-state index contributed by atoms with van der Waals surface area (Å²) >= 11 is 0. The zero-order valence-electron chi connectivity index (χ0n) is 16.3. The molecule has 0 radical (unpaired) electrons. The lowest BCUT2D eigenvalue weighted by Crippen LogP contribution is -2.23. The second-order valence-electron chi connectivity index (χ2n) is 5.61. The second kappa shape index (κ2) is 10.9. The Labute approximate surface area is 173 Å². The van der Waals surface area contributed by atoms with Crippen LogP contribution in [0.4, 0.5) is 0 Å². The zero-order valence-corrected chi connectivity index (χ0v) is 18.0. The molecule has 2 aromatic carbocycles. The summed E-state index contributed by atoms with van der Waals surface area (Å²) in [5.74, 6) is 1.02. The number of amides is 2. The van der Waals surface area contributed by atoms with Gasteiger partial charge in [0, 0.05) is 22.9 Å². The number of hydrogen-bond acceptors (Lipinski definition) is 6. The highest BCUT2D eigenvalue weighted by atomic mass is 33.1. The largest absolute Gasteiger partial charge is 0.497 e. The lowest BCUT2D eigenvalue weighted by Gasteiger charge is -2.13. The molecule has 0 saturated heterocycles. The van der Waals surface area contributed by atoms with Gasteiger partial charge in [-0.1, -0.05) is 21.6 Å². The van der Waals surface area contributed by atoms with Crippen molar-refractivity contribution in [3.63, 3.8) is 0 Å². The van der Waals surface area contributed by atoms with E-state index in [2.05, 4.69) is 10.6 Å². The molecule has 150 valence electrons. The number of carbonyl (C=O) groups is 2. The van der Waals surface area contributed by atoms with E-state index in [1.165, 1.54) is 21.6 Å². The Bertz CT molecular complexity index is 773. The Morgan fingerprint density at radius 2 is 1.18 bits per heavy atom. The minimum absolute atomic E-state index is 0.150. The summed E-state index contributed by atoms with van der Waals surface area (Å²) in [4.78, 5) is 26.3. The van der Waals surface area contributed by atoms with Gasteiger partial charge in [-0.3, -0.25) is 9.59 Å². The van der Waals surface area contributed by atoms with E-state index in [0.717, 1.165) is 9.79 Å². The van der Waals surface area contributed by atoms with Gasteiger partial charge in [0.25, 0.3) is 11.8 Å². The normalized spacial score (nSPS) is 10.3. The maximum atomic E-state index is 12.4. The van der Waals surface area contributed by atoms with Crippen LogP contribution < -0.4 is 20.1 Å². The van der Waals surface area contributed by atoms with Crippen molar-refractivity contribution >= 4 is 33.4 Å². The standard InChI is InChI=1S/C20H24N2O4S2/c1-5-21-19(23)15-9-7-13(25-3)11-17(15)27-28-18-12-14(26-4)8-10-16(18)20(24)22-6-2/h7-12H,5-6H2,1-4H3,(H,21,23)(H,22,24). The Hall–Kier alpha value is -2.32. The lowest BCUT2D eigenvalue weighted by molar-refractivity contribution is 0.0944. The number of rotatable bonds is 9. The van der Waals surface area contributed by atoms with Gasteiger partial charge in [-0.05, 0) is 50.2 Å². The van der Waals surface area contributed by atoms with Gasteiger partial charge in [0.15, 0.2) is 0 Å². The Morgan fingerprint density at radius 3 is 1.50 bits per heavy atom. The Balaban J connectivity index is 2.34. The Morgan fingerprint density at radius 1 is 0.786 bits per heavy atom. The summed E-state index contributed by atoms with van der Waals surface area (Å²) in [5, 5.41) is 5.63. The van der Waals surface area contributed by atoms with Crippen molar-refractivity contribution in [1.82, 2.24) is 10.6 Å². The van der Waals surface area contributed by atoms with Gasteiger partial charge >= 0.3 is 0 Å². The molecule has 2 amide bonds. The van der Waals surface area contributed by atoms with Crippen LogP contribution in [0, 0.1) is 0 Å². The number of ether oxygens (including phenoxy) is 2. The average molecular weight is 421 g/mol. The van der Waals surface area contributed by atoms with Gasteiger partial charge in [0.1, 0.15) is 11.5 Å². The average Bonchev–Trinajstić information content (AvgIpc) is 2.72. The fourth-order valence-electron chi connectivity index (χ4n) is 2.37. The van der Waals surface area contributed by atoms with Crippen molar-refractivity contribution in [2.75, 3.05) is 27.3 Å². The SMILES string of the molecule is CCNC(=O)c1ccc(OC)cc1SSc1cc(OC)ccc1C(=O)NCC. The molecule has 0 aromatic heterocycles. The van der Waals surface area contributed by atoms with E-state index in [1.54, 1.807) is 38.5 Å². The predicted octanol–water partition coefficient (Wildman–Crippen LogP) is 4.00. The highest BCUT2D eigenvalue weighted by Gasteiger charge is 2.17. The van der Waals surface area contributed by atoms with Crippen LogP contribution in [0.25, 0.3) is 0 Å². The van der Waals surface area contributed by atoms with Crippen LogP contribution in [-0.4, -0.2) is 39.1 Å². The number of nitrogens with one attached hydrogen (secondary N) is 2. The van der Waals surface area contributed by atoms with Crippen molar-refractivity contribution in [1.29, 1.82) is 0 Å². The smallest absolute Gasteiger partial charge is 0.252 e. The van der Waals surface area contributed by atoms with Crippen LogP contribution in [0.1, 0.15) is 34.6 Å². The van der Waals surface area contributed by atoms with E-state index >= 15 is 0 Å². The van der Waals surface area contributed by atoms with Crippen molar-refractivity contribution in [3.8, 4) is 11.5 Å². The van der Waals surface area contributed by atoms with Crippen LogP contribution in [-0.2, 0) is 0 Å². The molecular formula is C20H24N2O4S2. The first-order chi connectivity index (χ1) is 13.5. The molecule has 6 nitrogen and oxygen atoms in total. The minimum Gasteiger partial charge on any atom is -0.497 e. The third kappa shape index (κ3) is 5.59. The highest BCUT2D eigenvalue weighted by molar-refractivity contribution is 8.76. The minimum atomic E-state index is -0.150. The van der Waals surface area contributed by atoms with Crippen molar-refractivity contribution < 1.29 is 19.1 Å². The highest BCUT2D eigenvalue weighted by Crippen LogP contribution is 2.42. The molecule has 0 aliphatic heterocycles. The van der Waals surface area contributed by atoms with E-state index in [4.69, 9.17) is 9.47 Å². The monoisotopic (exact) mass is 420 g/mol. The first-order valence-electron chi connectivity index (χ1n) is 8.81. The van der Waals surface area contributed by atoms with Crippen molar-refractivity contribution in [2.24, 2.45) is 0 Å². The third-order valence-electron chi connectivity index (χ3n) is 3.76. The van der Waals surface area contributed by atoms with Gasteiger partial charge in [0.2, 0.25) is 0 Å². The summed E-state index contributed by atoms with van der Waals surface area (Å²) in [7, 11) is 5.95. The second-order valence-corrected chi connectivity index (χ2v) is 7.82. The van der Waals surface area contributed by atoms with Gasteiger partial charge in [-0.25, -0.2) is 0 Å². The Kier molecular flexibility index (Phi) is 8.53. The number of hydrogen-bond donors (Lipinski definition) is 2. The molecule has 0 saturated carbocycles. The van der Waals surface area contributed by atoms with E-state index in [1.807, 2.05) is 26.0 Å². The van der Waals surface area contributed by atoms with Crippen molar-refractivity contribution in [3.05, 3.63) is 47.5 Å². The fraction of sp³-hybridized carbons (Fsp3) is 0.300. The van der Waals surface area contributed by atoms with Gasteiger partial charge < -0.3 is 20.1 Å². The van der Waals surface area contributed by atoms with Gasteiger partial charge in [0.05, 0.1) is 25.3 Å². The molecule has 0 unspecified atom stereocenters. The van der Waals surface area contributed by atoms with E-state index in [-0.39, 0.29) is 11.8 Å². The summed E-state index contributed by atoms with van der Waals surface area (Å²) in [6.07, 6.45) is 0. The summed E-state index contributed by atoms with van der Waals surface area (Å²) in [5.41, 5.74) is 1.12. The van der Waals surface area contributed by atoms with Crippen LogP contribution >= 0.6 is 21.6 Å². The number of carbonyl (C=O) groups excluding carboxylic acids is 2. The number of methoxy groups -OCH3 is 2. The predicted molar refractivity (Wildman–Crippen MR) is 114 cm³/mol. The van der Waals surface area contributed by atoms with Crippen LogP contribution in [0.2, 0.25) is 0 Å². The molecule has 8 heteroatoms. The molecule has 0 heterocycles. The number of benzene rings is 2. The lowest BCUT2D eigenvalue weighted by atomic mass is 10.2. The first-order valence-corrected chi connectivity index (χ1v) is 11.0. The van der Waals surface area contributed by atoms with Crippen LogP contribution in [0.5, 0.6) is 11.5 Å². The molecule has 0 aliphatic carbocycles. The molecule has 2 N–H and O–H groups in total. The summed E-state index contributed by atoms with van der Waals surface area (Å²) in [6.45, 7) is 4.83. The molecule has 28 heavy (non-hydrogen) atoms. The topological polar surface area (TPSA) is 76.7 Å². The summed E-state index contributed by atoms with van der Waals surface area (Å²) < 4.78 is 10.6. The third-order valence-corrected chi connectivity index (χ3v) is 6.21. The maximum Gasteiger partial charge on any atom is 0.252 e. The molecule has 2 aromatic rings. The fourth-order valence-corrected chi connectivity index (χ4v) is 4.75. The molecular weight excluding hydrogens is 396 g/mol. The first kappa shape index (κ1) is 22.0. The van der Waals surface area contributed by atoms with Gasteiger partial charge in [-0.2, -0.15) is 0 Å². The quantitative estimate of drug-likeness (QED) is 0.597.